The molecule has 0 aliphatic rings. The zero-order valence-corrected chi connectivity index (χ0v) is 11.9. The molecule has 2 aromatic carbocycles. The summed E-state index contributed by atoms with van der Waals surface area (Å²) in [6.45, 7) is 6.32. The van der Waals surface area contributed by atoms with Crippen molar-refractivity contribution in [3.05, 3.63) is 64.2 Å². The van der Waals surface area contributed by atoms with E-state index in [1.165, 1.54) is 5.56 Å². The lowest BCUT2D eigenvalue weighted by molar-refractivity contribution is 0.0694. The molecule has 20 heavy (non-hydrogen) atoms. The Balaban J connectivity index is 2.24. The lowest BCUT2D eigenvalue weighted by Gasteiger charge is -2.13. The van der Waals surface area contributed by atoms with Crippen molar-refractivity contribution in [2.75, 3.05) is 0 Å². The van der Waals surface area contributed by atoms with Crippen LogP contribution in [0.15, 0.2) is 36.4 Å². The van der Waals surface area contributed by atoms with Gasteiger partial charge in [0.1, 0.15) is 12.4 Å². The standard InChI is InChI=1S/C17H18O3/c1-11-8-12(2)13(3)16(9-11)20-10-14-6-4-5-7-15(14)17(18)19/h4-9H,10H2,1-3H3,(H,18,19). The Morgan fingerprint density at radius 3 is 2.55 bits per heavy atom. The van der Waals surface area contributed by atoms with Gasteiger partial charge in [-0.15, -0.1) is 0 Å². The highest BCUT2D eigenvalue weighted by Crippen LogP contribution is 2.24. The molecule has 0 aliphatic carbocycles. The van der Waals surface area contributed by atoms with Gasteiger partial charge in [0.25, 0.3) is 0 Å². The molecule has 0 atom stereocenters. The minimum absolute atomic E-state index is 0.256. The van der Waals surface area contributed by atoms with E-state index >= 15 is 0 Å². The first-order valence-electron chi connectivity index (χ1n) is 6.51. The maximum atomic E-state index is 11.2. The van der Waals surface area contributed by atoms with Gasteiger partial charge in [0.2, 0.25) is 0 Å². The van der Waals surface area contributed by atoms with E-state index in [0.29, 0.717) is 5.56 Å². The number of aromatic carboxylic acids is 1. The third-order valence-corrected chi connectivity index (χ3v) is 3.39. The summed E-state index contributed by atoms with van der Waals surface area (Å²) < 4.78 is 5.81. The van der Waals surface area contributed by atoms with Crippen LogP contribution in [-0.2, 0) is 6.61 Å². The summed E-state index contributed by atoms with van der Waals surface area (Å²) in [5.74, 6) is -0.121. The van der Waals surface area contributed by atoms with Gasteiger partial charge in [-0.25, -0.2) is 4.79 Å². The second-order valence-corrected chi connectivity index (χ2v) is 4.96. The van der Waals surface area contributed by atoms with Gasteiger partial charge in [0.05, 0.1) is 5.56 Å². The average molecular weight is 270 g/mol. The molecule has 0 saturated carbocycles. The van der Waals surface area contributed by atoms with Crippen LogP contribution in [0.2, 0.25) is 0 Å². The van der Waals surface area contributed by atoms with Crippen LogP contribution < -0.4 is 4.74 Å². The smallest absolute Gasteiger partial charge is 0.336 e. The summed E-state index contributed by atoms with van der Waals surface area (Å²) in [6.07, 6.45) is 0. The molecule has 0 aromatic heterocycles. The fraction of sp³-hybridized carbons (Fsp3) is 0.235. The Kier molecular flexibility index (Phi) is 4.08. The minimum atomic E-state index is -0.929. The summed E-state index contributed by atoms with van der Waals surface area (Å²) >= 11 is 0. The molecular formula is C17H18O3. The molecule has 0 radical (unpaired) electrons. The summed E-state index contributed by atoms with van der Waals surface area (Å²) in [4.78, 5) is 11.2. The van der Waals surface area contributed by atoms with Crippen LogP contribution >= 0.6 is 0 Å². The van der Waals surface area contributed by atoms with Gasteiger partial charge in [-0.1, -0.05) is 24.3 Å². The van der Waals surface area contributed by atoms with Crippen molar-refractivity contribution in [3.8, 4) is 5.75 Å². The molecule has 2 aromatic rings. The van der Waals surface area contributed by atoms with Gasteiger partial charge in [-0.2, -0.15) is 0 Å². The van der Waals surface area contributed by atoms with Crippen molar-refractivity contribution in [1.82, 2.24) is 0 Å². The second kappa shape index (κ2) is 5.78. The van der Waals surface area contributed by atoms with E-state index < -0.39 is 5.97 Å². The number of benzene rings is 2. The first-order valence-corrected chi connectivity index (χ1v) is 6.51. The van der Waals surface area contributed by atoms with E-state index in [9.17, 15) is 4.79 Å². The summed E-state index contributed by atoms with van der Waals surface area (Å²) in [5, 5.41) is 9.15. The van der Waals surface area contributed by atoms with Crippen LogP contribution in [0.1, 0.15) is 32.6 Å². The molecule has 2 rings (SSSR count). The molecule has 3 nitrogen and oxygen atoms in total. The third kappa shape index (κ3) is 2.99. The topological polar surface area (TPSA) is 46.5 Å². The number of hydrogen-bond acceptors (Lipinski definition) is 2. The van der Waals surface area contributed by atoms with Gasteiger partial charge >= 0.3 is 5.97 Å². The Hall–Kier alpha value is -2.29. The lowest BCUT2D eigenvalue weighted by Crippen LogP contribution is -2.06. The van der Waals surface area contributed by atoms with Gasteiger partial charge in [0, 0.05) is 5.56 Å². The van der Waals surface area contributed by atoms with Crippen molar-refractivity contribution in [2.45, 2.75) is 27.4 Å². The Morgan fingerprint density at radius 2 is 1.85 bits per heavy atom. The fourth-order valence-corrected chi connectivity index (χ4v) is 2.16. The van der Waals surface area contributed by atoms with Crippen molar-refractivity contribution < 1.29 is 14.6 Å². The maximum absolute atomic E-state index is 11.2. The number of rotatable bonds is 4. The van der Waals surface area contributed by atoms with Crippen molar-refractivity contribution >= 4 is 5.97 Å². The first kappa shape index (κ1) is 14.1. The highest BCUT2D eigenvalue weighted by Gasteiger charge is 2.10. The molecule has 0 aliphatic heterocycles. The maximum Gasteiger partial charge on any atom is 0.336 e. The first-order chi connectivity index (χ1) is 9.49. The van der Waals surface area contributed by atoms with E-state index in [4.69, 9.17) is 9.84 Å². The molecular weight excluding hydrogens is 252 g/mol. The fourth-order valence-electron chi connectivity index (χ4n) is 2.16. The lowest BCUT2D eigenvalue weighted by atomic mass is 10.1. The molecule has 0 unspecified atom stereocenters. The van der Waals surface area contributed by atoms with Gasteiger partial charge < -0.3 is 9.84 Å². The van der Waals surface area contributed by atoms with E-state index in [-0.39, 0.29) is 12.2 Å². The monoisotopic (exact) mass is 270 g/mol. The SMILES string of the molecule is Cc1cc(C)c(C)c(OCc2ccccc2C(=O)O)c1. The normalized spacial score (nSPS) is 10.3. The van der Waals surface area contributed by atoms with Crippen LogP contribution in [-0.4, -0.2) is 11.1 Å². The van der Waals surface area contributed by atoms with Crippen molar-refractivity contribution in [2.24, 2.45) is 0 Å². The number of carboxylic acids is 1. The molecule has 3 heteroatoms. The van der Waals surface area contributed by atoms with E-state index in [1.54, 1.807) is 18.2 Å². The highest BCUT2D eigenvalue weighted by molar-refractivity contribution is 5.89. The van der Waals surface area contributed by atoms with Crippen molar-refractivity contribution in [1.29, 1.82) is 0 Å². The Morgan fingerprint density at radius 1 is 1.15 bits per heavy atom. The molecule has 0 spiro atoms. The second-order valence-electron chi connectivity index (χ2n) is 4.96. The van der Waals surface area contributed by atoms with Crippen LogP contribution in [0.5, 0.6) is 5.75 Å². The predicted octanol–water partition coefficient (Wildman–Crippen LogP) is 3.89. The molecule has 104 valence electrons. The quantitative estimate of drug-likeness (QED) is 0.916. The van der Waals surface area contributed by atoms with Gasteiger partial charge in [0.15, 0.2) is 0 Å². The number of carbonyl (C=O) groups is 1. The van der Waals surface area contributed by atoms with Crippen LogP contribution in [0, 0.1) is 20.8 Å². The number of aryl methyl sites for hydroxylation is 2. The van der Waals surface area contributed by atoms with E-state index in [2.05, 4.69) is 6.07 Å². The van der Waals surface area contributed by atoms with Crippen LogP contribution in [0.25, 0.3) is 0 Å². The number of carboxylic acid groups (broad SMARTS) is 1. The zero-order chi connectivity index (χ0) is 14.7. The van der Waals surface area contributed by atoms with Gasteiger partial charge in [-0.3, -0.25) is 0 Å². The third-order valence-electron chi connectivity index (χ3n) is 3.39. The molecule has 0 heterocycles. The molecule has 0 amide bonds. The molecule has 1 N–H and O–H groups in total. The number of ether oxygens (including phenoxy) is 1. The van der Waals surface area contributed by atoms with Crippen LogP contribution in [0.3, 0.4) is 0 Å². The summed E-state index contributed by atoms with van der Waals surface area (Å²) in [5.41, 5.74) is 4.36. The number of hydrogen-bond donors (Lipinski definition) is 1. The summed E-state index contributed by atoms with van der Waals surface area (Å²) in [6, 6.07) is 11.0. The zero-order valence-electron chi connectivity index (χ0n) is 11.9. The van der Waals surface area contributed by atoms with Gasteiger partial charge in [-0.05, 0) is 49.6 Å². The predicted molar refractivity (Wildman–Crippen MR) is 78.4 cm³/mol. The molecule has 0 bridgehead atoms. The summed E-state index contributed by atoms with van der Waals surface area (Å²) in [7, 11) is 0. The molecule has 0 saturated heterocycles. The van der Waals surface area contributed by atoms with E-state index in [0.717, 1.165) is 16.9 Å². The highest BCUT2D eigenvalue weighted by atomic mass is 16.5. The largest absolute Gasteiger partial charge is 0.489 e. The van der Waals surface area contributed by atoms with Crippen LogP contribution in [0.4, 0.5) is 0 Å². The van der Waals surface area contributed by atoms with E-state index in [1.807, 2.05) is 32.9 Å². The average Bonchev–Trinajstić information content (AvgIpc) is 2.41. The Bertz CT molecular complexity index is 645. The molecule has 0 fully saturated rings. The Labute approximate surface area is 118 Å². The van der Waals surface area contributed by atoms with Crippen molar-refractivity contribution in [3.63, 3.8) is 0 Å². The minimum Gasteiger partial charge on any atom is -0.489 e.